The zero-order chi connectivity index (χ0) is 25.8. The maximum Gasteiger partial charge on any atom is 0.305 e. The van der Waals surface area contributed by atoms with Gasteiger partial charge in [-0.3, -0.25) is 19.2 Å². The first kappa shape index (κ1) is 26.6. The van der Waals surface area contributed by atoms with Crippen molar-refractivity contribution in [3.05, 3.63) is 35.6 Å². The minimum Gasteiger partial charge on any atom is -0.481 e. The van der Waals surface area contributed by atoms with Gasteiger partial charge in [-0.1, -0.05) is 46.1 Å². The fourth-order valence-electron chi connectivity index (χ4n) is 5.05. The quantitative estimate of drug-likeness (QED) is 0.610. The van der Waals surface area contributed by atoms with Gasteiger partial charge in [0.2, 0.25) is 5.91 Å². The molecular weight excluding hydrogens is 453 g/mol. The van der Waals surface area contributed by atoms with Crippen molar-refractivity contribution in [1.82, 2.24) is 15.1 Å². The van der Waals surface area contributed by atoms with Gasteiger partial charge in [0.05, 0.1) is 6.42 Å². The van der Waals surface area contributed by atoms with Crippen LogP contribution in [0.15, 0.2) is 24.3 Å². The number of amides is 3. The predicted octanol–water partition coefficient (Wildman–Crippen LogP) is 3.41. The minimum absolute atomic E-state index is 0.0244. The first-order valence-corrected chi connectivity index (χ1v) is 12.3. The summed E-state index contributed by atoms with van der Waals surface area (Å²) in [4.78, 5) is 54.3. The molecule has 9 heteroatoms. The second-order valence-corrected chi connectivity index (χ2v) is 10.8. The largest absolute Gasteiger partial charge is 0.481 e. The zero-order valence-corrected chi connectivity index (χ0v) is 20.8. The summed E-state index contributed by atoms with van der Waals surface area (Å²) in [5.41, 5.74) is -0.242. The van der Waals surface area contributed by atoms with E-state index in [2.05, 4.69) is 5.32 Å². The Kier molecular flexibility index (Phi) is 8.51. The highest BCUT2D eigenvalue weighted by atomic mass is 19.1. The highest BCUT2D eigenvalue weighted by molar-refractivity contribution is 5.99. The fourth-order valence-corrected chi connectivity index (χ4v) is 5.05. The highest BCUT2D eigenvalue weighted by Gasteiger charge is 2.44. The third kappa shape index (κ3) is 7.02. The molecule has 2 fully saturated rings. The molecule has 1 heterocycles. The van der Waals surface area contributed by atoms with Crippen molar-refractivity contribution in [1.29, 1.82) is 0 Å². The Morgan fingerprint density at radius 2 is 1.74 bits per heavy atom. The van der Waals surface area contributed by atoms with Crippen molar-refractivity contribution in [2.24, 2.45) is 11.3 Å². The van der Waals surface area contributed by atoms with E-state index in [1.54, 1.807) is 0 Å². The average molecular weight is 490 g/mol. The van der Waals surface area contributed by atoms with Gasteiger partial charge < -0.3 is 20.2 Å². The van der Waals surface area contributed by atoms with Gasteiger partial charge in [0.15, 0.2) is 6.17 Å². The second-order valence-electron chi connectivity index (χ2n) is 10.8. The van der Waals surface area contributed by atoms with Crippen LogP contribution >= 0.6 is 0 Å². The number of carbonyl (C=O) groups excluding carboxylic acids is 3. The molecule has 192 valence electrons. The molecule has 35 heavy (non-hydrogen) atoms. The number of hydrogen-bond acceptors (Lipinski definition) is 4. The molecule has 1 saturated carbocycles. The SMILES string of the molecule is CC(C)(C)CC(=O)N1CCN(C(=O)c2cccc(F)c2)C1C(=O)NC(CC(=O)O)C1CCCCC1. The third-order valence-electron chi connectivity index (χ3n) is 6.68. The summed E-state index contributed by atoms with van der Waals surface area (Å²) in [5, 5.41) is 12.3. The molecule has 1 aromatic rings. The molecule has 8 nitrogen and oxygen atoms in total. The molecule has 2 unspecified atom stereocenters. The monoisotopic (exact) mass is 489 g/mol. The molecule has 1 aromatic carbocycles. The van der Waals surface area contributed by atoms with Gasteiger partial charge in [-0.25, -0.2) is 4.39 Å². The molecule has 0 spiro atoms. The van der Waals surface area contributed by atoms with Crippen molar-refractivity contribution in [3.8, 4) is 0 Å². The minimum atomic E-state index is -1.22. The number of nitrogens with one attached hydrogen (secondary N) is 1. The number of hydrogen-bond donors (Lipinski definition) is 2. The molecule has 3 rings (SSSR count). The number of carboxylic acids is 1. The van der Waals surface area contributed by atoms with E-state index in [4.69, 9.17) is 0 Å². The van der Waals surface area contributed by atoms with Gasteiger partial charge in [0.1, 0.15) is 5.82 Å². The predicted molar refractivity (Wildman–Crippen MR) is 128 cm³/mol. The van der Waals surface area contributed by atoms with Crippen LogP contribution in [-0.4, -0.2) is 63.9 Å². The standard InChI is InChI=1S/C26H36FN3O5/c1-26(2,3)16-21(31)29-12-13-30(25(35)18-10-7-11-19(27)14-18)24(29)23(34)28-20(15-22(32)33)17-8-5-4-6-9-17/h7,10-11,14,17,20,24H,4-6,8-9,12-13,15-16H2,1-3H3,(H,28,34)(H,32,33). The Bertz CT molecular complexity index is 955. The zero-order valence-electron chi connectivity index (χ0n) is 20.8. The topological polar surface area (TPSA) is 107 Å². The van der Waals surface area contributed by atoms with Crippen LogP contribution in [0.1, 0.15) is 76.1 Å². The van der Waals surface area contributed by atoms with Crippen LogP contribution in [0.25, 0.3) is 0 Å². The first-order chi connectivity index (χ1) is 16.5. The molecule has 0 bridgehead atoms. The van der Waals surface area contributed by atoms with Gasteiger partial charge in [-0.15, -0.1) is 0 Å². The Labute approximate surface area is 205 Å². The van der Waals surface area contributed by atoms with E-state index in [-0.39, 0.29) is 48.7 Å². The van der Waals surface area contributed by atoms with Crippen molar-refractivity contribution < 1.29 is 28.7 Å². The third-order valence-corrected chi connectivity index (χ3v) is 6.68. The molecule has 1 aliphatic heterocycles. The van der Waals surface area contributed by atoms with Crippen LogP contribution in [-0.2, 0) is 14.4 Å². The lowest BCUT2D eigenvalue weighted by Gasteiger charge is -2.34. The van der Waals surface area contributed by atoms with E-state index in [9.17, 15) is 28.7 Å². The van der Waals surface area contributed by atoms with Gasteiger partial charge >= 0.3 is 5.97 Å². The van der Waals surface area contributed by atoms with Crippen molar-refractivity contribution in [3.63, 3.8) is 0 Å². The molecular formula is C26H36FN3O5. The Morgan fingerprint density at radius 1 is 1.09 bits per heavy atom. The summed E-state index contributed by atoms with van der Waals surface area (Å²) in [6.07, 6.45) is 3.40. The molecule has 1 aliphatic carbocycles. The Hall–Kier alpha value is -2.97. The lowest BCUT2D eigenvalue weighted by atomic mass is 9.82. The van der Waals surface area contributed by atoms with E-state index in [1.807, 2.05) is 20.8 Å². The molecule has 0 aromatic heterocycles. The van der Waals surface area contributed by atoms with Gasteiger partial charge in [-0.2, -0.15) is 0 Å². The van der Waals surface area contributed by atoms with E-state index in [1.165, 1.54) is 28.0 Å². The van der Waals surface area contributed by atoms with Crippen LogP contribution < -0.4 is 5.32 Å². The number of nitrogens with zero attached hydrogens (tertiary/aromatic N) is 2. The maximum atomic E-state index is 13.8. The molecule has 2 N–H and O–H groups in total. The van der Waals surface area contributed by atoms with Crippen LogP contribution in [0.4, 0.5) is 4.39 Å². The van der Waals surface area contributed by atoms with E-state index in [0.717, 1.165) is 38.2 Å². The van der Waals surface area contributed by atoms with Crippen LogP contribution in [0.2, 0.25) is 0 Å². The summed E-state index contributed by atoms with van der Waals surface area (Å²) in [6.45, 7) is 6.03. The summed E-state index contributed by atoms with van der Waals surface area (Å²) in [7, 11) is 0. The van der Waals surface area contributed by atoms with E-state index < -0.39 is 35.8 Å². The van der Waals surface area contributed by atoms with Gasteiger partial charge in [-0.05, 0) is 42.4 Å². The highest BCUT2D eigenvalue weighted by Crippen LogP contribution is 2.29. The number of halogens is 1. The van der Waals surface area contributed by atoms with Crippen molar-refractivity contribution in [2.75, 3.05) is 13.1 Å². The molecule has 1 saturated heterocycles. The molecule has 3 amide bonds. The summed E-state index contributed by atoms with van der Waals surface area (Å²) < 4.78 is 13.8. The van der Waals surface area contributed by atoms with E-state index in [0.29, 0.717) is 0 Å². The van der Waals surface area contributed by atoms with Gasteiger partial charge in [0, 0.05) is 31.1 Å². The smallest absolute Gasteiger partial charge is 0.305 e. The summed E-state index contributed by atoms with van der Waals surface area (Å²) >= 11 is 0. The van der Waals surface area contributed by atoms with E-state index >= 15 is 0 Å². The maximum absolute atomic E-state index is 13.8. The normalized spacial score (nSPS) is 19.9. The Morgan fingerprint density at radius 3 is 2.34 bits per heavy atom. The lowest BCUT2D eigenvalue weighted by molar-refractivity contribution is -0.144. The number of aliphatic carboxylic acids is 1. The van der Waals surface area contributed by atoms with Crippen LogP contribution in [0, 0.1) is 17.2 Å². The Balaban J connectivity index is 1.89. The summed E-state index contributed by atoms with van der Waals surface area (Å²) in [5.74, 6) is -2.96. The lowest BCUT2D eigenvalue weighted by Crippen LogP contribution is -2.57. The fraction of sp³-hybridized carbons (Fsp3) is 0.615. The molecule has 2 atom stereocenters. The summed E-state index contributed by atoms with van der Waals surface area (Å²) in [6, 6.07) is 4.63. The van der Waals surface area contributed by atoms with Crippen molar-refractivity contribution in [2.45, 2.75) is 77.9 Å². The number of carbonyl (C=O) groups is 4. The van der Waals surface area contributed by atoms with Crippen LogP contribution in [0.5, 0.6) is 0 Å². The van der Waals surface area contributed by atoms with Crippen LogP contribution in [0.3, 0.4) is 0 Å². The molecule has 2 aliphatic rings. The van der Waals surface area contributed by atoms with Gasteiger partial charge in [0.25, 0.3) is 11.8 Å². The first-order valence-electron chi connectivity index (χ1n) is 12.3. The molecule has 0 radical (unpaired) electrons. The number of rotatable bonds is 7. The van der Waals surface area contributed by atoms with Crippen molar-refractivity contribution >= 4 is 23.7 Å². The second kappa shape index (κ2) is 11.2. The average Bonchev–Trinajstić information content (AvgIpc) is 3.23. The number of carboxylic acid groups (broad SMARTS) is 1. The number of benzene rings is 1.